The van der Waals surface area contributed by atoms with Crippen LogP contribution in [-0.2, 0) is 0 Å². The third kappa shape index (κ3) is 2.80. The second-order valence-electron chi connectivity index (χ2n) is 4.02. The summed E-state index contributed by atoms with van der Waals surface area (Å²) in [4.78, 5) is 0. The van der Waals surface area contributed by atoms with Gasteiger partial charge >= 0.3 is 0 Å². The van der Waals surface area contributed by atoms with Crippen molar-refractivity contribution < 1.29 is 0 Å². The lowest BCUT2D eigenvalue weighted by Crippen LogP contribution is -2.46. The van der Waals surface area contributed by atoms with Crippen LogP contribution in [0, 0.1) is 0 Å². The smallest absolute Gasteiger partial charge is 0.0437 e. The zero-order chi connectivity index (χ0) is 10.7. The van der Waals surface area contributed by atoms with Gasteiger partial charge in [-0.15, -0.1) is 0 Å². The van der Waals surface area contributed by atoms with Crippen molar-refractivity contribution >= 4 is 15.9 Å². The number of nitrogens with zero attached hydrogens (tertiary/aromatic N) is 1. The second kappa shape index (κ2) is 5.10. The van der Waals surface area contributed by atoms with Crippen molar-refractivity contribution in [2.75, 3.05) is 19.6 Å². The van der Waals surface area contributed by atoms with Crippen molar-refractivity contribution in [1.29, 1.82) is 0 Å². The summed E-state index contributed by atoms with van der Waals surface area (Å²) in [7, 11) is 0. The second-order valence-corrected chi connectivity index (χ2v) is 4.93. The van der Waals surface area contributed by atoms with E-state index in [2.05, 4.69) is 57.8 Å². The highest BCUT2D eigenvalue weighted by molar-refractivity contribution is 9.10. The molecule has 1 fully saturated rings. The Labute approximate surface area is 99.6 Å². The first-order valence-corrected chi connectivity index (χ1v) is 6.19. The lowest BCUT2D eigenvalue weighted by Gasteiger charge is -2.28. The van der Waals surface area contributed by atoms with Crippen molar-refractivity contribution in [2.45, 2.75) is 18.9 Å². The molecule has 3 heteroatoms. The number of halogens is 1. The van der Waals surface area contributed by atoms with E-state index in [4.69, 9.17) is 0 Å². The minimum atomic E-state index is 0.430. The third-order valence-electron chi connectivity index (χ3n) is 2.98. The molecule has 1 radical (unpaired) electrons. The van der Waals surface area contributed by atoms with Gasteiger partial charge in [0.2, 0.25) is 0 Å². The van der Waals surface area contributed by atoms with Crippen LogP contribution in [0.1, 0.15) is 18.4 Å². The molecular formula is C12H16BrN2. The number of nitrogens with one attached hydrogen (secondary N) is 1. The number of rotatable bonds is 2. The molecule has 1 saturated heterocycles. The van der Waals surface area contributed by atoms with Gasteiger partial charge in [-0.1, -0.05) is 35.0 Å². The molecule has 0 aliphatic carbocycles. The molecule has 1 aromatic carbocycles. The van der Waals surface area contributed by atoms with Crippen LogP contribution in [0.3, 0.4) is 0 Å². The van der Waals surface area contributed by atoms with Gasteiger partial charge in [-0.3, -0.25) is 0 Å². The van der Waals surface area contributed by atoms with E-state index in [1.165, 1.54) is 5.56 Å². The zero-order valence-corrected chi connectivity index (χ0v) is 10.5. The summed E-state index contributed by atoms with van der Waals surface area (Å²) in [6.45, 7) is 5.25. The highest BCUT2D eigenvalue weighted by Gasteiger charge is 2.21. The van der Waals surface area contributed by atoms with Gasteiger partial charge in [0.25, 0.3) is 0 Å². The van der Waals surface area contributed by atoms with Gasteiger partial charge in [0.1, 0.15) is 0 Å². The van der Waals surface area contributed by atoms with Crippen molar-refractivity contribution in [3.63, 3.8) is 0 Å². The van der Waals surface area contributed by atoms with E-state index in [9.17, 15) is 0 Å². The van der Waals surface area contributed by atoms with Crippen molar-refractivity contribution in [3.05, 3.63) is 34.3 Å². The quantitative estimate of drug-likeness (QED) is 0.873. The predicted octanol–water partition coefficient (Wildman–Crippen LogP) is 2.13. The molecule has 2 atom stereocenters. The Balaban J connectivity index is 2.05. The molecule has 2 nitrogen and oxygen atoms in total. The first-order chi connectivity index (χ1) is 7.27. The molecule has 0 spiro atoms. The van der Waals surface area contributed by atoms with E-state index in [0.29, 0.717) is 12.0 Å². The number of piperazine rings is 1. The summed E-state index contributed by atoms with van der Waals surface area (Å²) in [5.74, 6) is 0.505. The average molecular weight is 268 g/mol. The first-order valence-electron chi connectivity index (χ1n) is 5.40. The van der Waals surface area contributed by atoms with Crippen LogP contribution >= 0.6 is 15.9 Å². The maximum Gasteiger partial charge on any atom is 0.0437 e. The van der Waals surface area contributed by atoms with Gasteiger partial charge in [-0.25, -0.2) is 5.32 Å². The maximum atomic E-state index is 4.65. The molecule has 0 bridgehead atoms. The number of hydrogen-bond acceptors (Lipinski definition) is 1. The molecular weight excluding hydrogens is 252 g/mol. The molecule has 1 heterocycles. The molecule has 0 saturated carbocycles. The lowest BCUT2D eigenvalue weighted by atomic mass is 9.92. The van der Waals surface area contributed by atoms with Crippen LogP contribution in [0.25, 0.3) is 0 Å². The number of hydrogen-bond donors (Lipinski definition) is 1. The van der Waals surface area contributed by atoms with E-state index < -0.39 is 0 Å². The summed E-state index contributed by atoms with van der Waals surface area (Å²) in [6.07, 6.45) is 0. The van der Waals surface area contributed by atoms with Crippen molar-refractivity contribution in [1.82, 2.24) is 10.6 Å². The van der Waals surface area contributed by atoms with E-state index in [1.807, 2.05) is 0 Å². The molecule has 0 amide bonds. The fourth-order valence-corrected chi connectivity index (χ4v) is 2.21. The summed E-state index contributed by atoms with van der Waals surface area (Å²) >= 11 is 3.45. The minimum absolute atomic E-state index is 0.430. The van der Waals surface area contributed by atoms with Crippen LogP contribution in [0.4, 0.5) is 0 Å². The molecule has 81 valence electrons. The Hall–Kier alpha value is -0.380. The molecule has 1 aliphatic heterocycles. The Morgan fingerprint density at radius 2 is 2.13 bits per heavy atom. The Morgan fingerprint density at radius 1 is 1.40 bits per heavy atom. The highest BCUT2D eigenvalue weighted by atomic mass is 79.9. The highest BCUT2D eigenvalue weighted by Crippen LogP contribution is 2.22. The van der Waals surface area contributed by atoms with Crippen LogP contribution in [0.2, 0.25) is 0 Å². The topological polar surface area (TPSA) is 26.1 Å². The molecule has 0 aromatic heterocycles. The maximum absolute atomic E-state index is 4.65. The van der Waals surface area contributed by atoms with Crippen LogP contribution in [0.15, 0.2) is 28.7 Å². The van der Waals surface area contributed by atoms with Crippen molar-refractivity contribution in [2.24, 2.45) is 0 Å². The summed E-state index contributed by atoms with van der Waals surface area (Å²) in [5.41, 5.74) is 1.37. The standard InChI is InChI=1S/C12H16BrN2/c1-9(12-8-14-6-7-15-12)10-2-4-11(13)5-3-10/h2-5,9,12,14H,6-8H2,1H3. The Kier molecular flexibility index (Phi) is 3.78. The summed E-state index contributed by atoms with van der Waals surface area (Å²) < 4.78 is 1.14. The van der Waals surface area contributed by atoms with Gasteiger partial charge in [0.05, 0.1) is 0 Å². The molecule has 1 aromatic rings. The first kappa shape index (κ1) is 11.1. The van der Waals surface area contributed by atoms with E-state index in [1.54, 1.807) is 0 Å². The van der Waals surface area contributed by atoms with E-state index in [0.717, 1.165) is 24.1 Å². The lowest BCUT2D eigenvalue weighted by molar-refractivity contribution is 0.370. The Morgan fingerprint density at radius 3 is 2.73 bits per heavy atom. The molecule has 1 N–H and O–H groups in total. The molecule has 15 heavy (non-hydrogen) atoms. The van der Waals surface area contributed by atoms with E-state index in [-0.39, 0.29) is 0 Å². The summed E-state index contributed by atoms with van der Waals surface area (Å²) in [5, 5.41) is 8.05. The molecule has 2 rings (SSSR count). The molecule has 1 aliphatic rings. The molecule has 2 unspecified atom stereocenters. The van der Waals surface area contributed by atoms with Gasteiger partial charge in [-0.05, 0) is 23.6 Å². The monoisotopic (exact) mass is 267 g/mol. The minimum Gasteiger partial charge on any atom is -0.314 e. The fourth-order valence-electron chi connectivity index (χ4n) is 1.95. The van der Waals surface area contributed by atoms with Crippen molar-refractivity contribution in [3.8, 4) is 0 Å². The van der Waals surface area contributed by atoms with Crippen LogP contribution < -0.4 is 10.6 Å². The van der Waals surface area contributed by atoms with Gasteiger partial charge in [-0.2, -0.15) is 0 Å². The normalized spacial score (nSPS) is 23.7. The fraction of sp³-hybridized carbons (Fsp3) is 0.500. The summed E-state index contributed by atoms with van der Waals surface area (Å²) in [6, 6.07) is 8.99. The predicted molar refractivity (Wildman–Crippen MR) is 66.2 cm³/mol. The van der Waals surface area contributed by atoms with Gasteiger partial charge < -0.3 is 5.32 Å². The van der Waals surface area contributed by atoms with Crippen LogP contribution in [-0.4, -0.2) is 25.7 Å². The zero-order valence-electron chi connectivity index (χ0n) is 8.91. The van der Waals surface area contributed by atoms with Gasteiger partial charge in [0, 0.05) is 30.1 Å². The third-order valence-corrected chi connectivity index (χ3v) is 3.51. The SMILES string of the molecule is CC(c1ccc(Br)cc1)C1CNCC[N]1. The van der Waals surface area contributed by atoms with Gasteiger partial charge in [0.15, 0.2) is 0 Å². The largest absolute Gasteiger partial charge is 0.314 e. The number of benzene rings is 1. The Bertz CT molecular complexity index is 304. The van der Waals surface area contributed by atoms with Crippen LogP contribution in [0.5, 0.6) is 0 Å². The average Bonchev–Trinajstić information content (AvgIpc) is 2.30. The van der Waals surface area contributed by atoms with E-state index >= 15 is 0 Å².